The molecule has 7 rings (SSSR count). The van der Waals surface area contributed by atoms with Crippen LogP contribution in [0.2, 0.25) is 0 Å². The molecule has 54 heavy (non-hydrogen) atoms. The molecule has 286 valence electrons. The molecule has 2 aliphatic rings. The average Bonchev–Trinajstić information content (AvgIpc) is 3.96. The van der Waals surface area contributed by atoms with Gasteiger partial charge in [-0.2, -0.15) is 14.8 Å². The van der Waals surface area contributed by atoms with E-state index in [0.717, 1.165) is 10.4 Å². The maximum absolute atomic E-state index is 12.9. The van der Waals surface area contributed by atoms with Crippen molar-refractivity contribution in [2.45, 2.75) is 60.9 Å². The molecule has 2 aromatic carbocycles. The van der Waals surface area contributed by atoms with E-state index in [1.165, 1.54) is 35.2 Å². The number of anilines is 3. The maximum Gasteiger partial charge on any atom is 0.319 e. The number of nitrogens with zero attached hydrogens (tertiary/aromatic N) is 9. The summed E-state index contributed by atoms with van der Waals surface area (Å²) in [5, 5.41) is 67.7. The first-order chi connectivity index (χ1) is 26.0. The van der Waals surface area contributed by atoms with E-state index >= 15 is 0 Å². The Morgan fingerprint density at radius 3 is 2.65 bits per heavy atom. The third-order valence-corrected chi connectivity index (χ3v) is 9.97. The highest BCUT2D eigenvalue weighted by molar-refractivity contribution is 7.89. The van der Waals surface area contributed by atoms with E-state index in [9.17, 15) is 33.6 Å². The minimum Gasteiger partial charge on any atom is -0.394 e. The molecule has 9 N–H and O–H groups in total. The molecule has 0 bridgehead atoms. The van der Waals surface area contributed by atoms with Crippen LogP contribution in [0.25, 0.3) is 11.2 Å². The van der Waals surface area contributed by atoms with Crippen molar-refractivity contribution in [3.05, 3.63) is 72.3 Å². The van der Waals surface area contributed by atoms with Crippen molar-refractivity contribution in [1.29, 1.82) is 0 Å². The number of tetrazole rings is 1. The van der Waals surface area contributed by atoms with Gasteiger partial charge >= 0.3 is 6.03 Å². The molecule has 5 heterocycles. The number of amides is 2. The van der Waals surface area contributed by atoms with Gasteiger partial charge in [-0.15, -0.1) is 10.2 Å². The van der Waals surface area contributed by atoms with Gasteiger partial charge in [-0.1, -0.05) is 36.4 Å². The highest BCUT2D eigenvalue weighted by Gasteiger charge is 2.47. The normalized spacial score (nSPS) is 22.1. The third-order valence-electron chi connectivity index (χ3n) is 9.06. The van der Waals surface area contributed by atoms with Crippen molar-refractivity contribution in [3.63, 3.8) is 0 Å². The Balaban J connectivity index is 1.15. The lowest BCUT2D eigenvalue weighted by atomic mass is 10.1. The van der Waals surface area contributed by atoms with Gasteiger partial charge < -0.3 is 46.0 Å². The molecule has 2 amide bonds. The van der Waals surface area contributed by atoms with E-state index in [2.05, 4.69) is 36.3 Å². The number of ether oxygens (including phenoxy) is 1. The van der Waals surface area contributed by atoms with Crippen LogP contribution in [0, 0.1) is 0 Å². The number of aromatic nitrogens is 8. The van der Waals surface area contributed by atoms with Gasteiger partial charge in [-0.25, -0.2) is 23.3 Å². The summed E-state index contributed by atoms with van der Waals surface area (Å²) in [4.78, 5) is 29.9. The van der Waals surface area contributed by atoms with Crippen molar-refractivity contribution < 1.29 is 38.4 Å². The Morgan fingerprint density at radius 1 is 1.07 bits per heavy atom. The predicted octanol–water partition coefficient (Wildman–Crippen LogP) is -1.14. The highest BCUT2D eigenvalue weighted by atomic mass is 32.2. The average molecular weight is 766 g/mol. The quantitative estimate of drug-likeness (QED) is 0.0703. The molecule has 0 aliphatic carbocycles. The van der Waals surface area contributed by atoms with E-state index in [-0.39, 0.29) is 53.8 Å². The number of urea groups is 1. The molecule has 2 saturated heterocycles. The summed E-state index contributed by atoms with van der Waals surface area (Å²) >= 11 is 0. The summed E-state index contributed by atoms with van der Waals surface area (Å²) < 4.78 is 31.1. The van der Waals surface area contributed by atoms with Crippen molar-refractivity contribution >= 4 is 44.7 Å². The number of primary sulfonamides is 1. The van der Waals surface area contributed by atoms with Gasteiger partial charge in [-0.05, 0) is 41.8 Å². The van der Waals surface area contributed by atoms with E-state index in [1.807, 2.05) is 35.2 Å². The van der Waals surface area contributed by atoms with Gasteiger partial charge in [0, 0.05) is 24.8 Å². The van der Waals surface area contributed by atoms with Crippen LogP contribution in [0.4, 0.5) is 22.2 Å². The highest BCUT2D eigenvalue weighted by Crippen LogP contribution is 2.39. The van der Waals surface area contributed by atoms with Crippen molar-refractivity contribution in [2.75, 3.05) is 41.8 Å². The summed E-state index contributed by atoms with van der Waals surface area (Å²) in [6.45, 7) is 0.363. The van der Waals surface area contributed by atoms with Crippen LogP contribution in [-0.2, 0) is 27.7 Å². The topological polar surface area (TPSA) is 294 Å². The monoisotopic (exact) mass is 765 g/mol. The van der Waals surface area contributed by atoms with E-state index < -0.39 is 46.6 Å². The Hall–Kier alpha value is -5.36. The minimum absolute atomic E-state index is 0.0167. The first-order valence-corrected chi connectivity index (χ1v) is 18.6. The number of aliphatic hydroxyl groups excluding tert-OH is 4. The molecular formula is C32H39N13O8S. The molecule has 6 atom stereocenters. The van der Waals surface area contributed by atoms with E-state index in [4.69, 9.17) is 19.8 Å². The Kier molecular flexibility index (Phi) is 10.6. The van der Waals surface area contributed by atoms with Crippen LogP contribution in [-0.4, -0.2) is 125 Å². The van der Waals surface area contributed by atoms with Crippen LogP contribution in [0.5, 0.6) is 0 Å². The number of carbonyl (C=O) groups excluding carboxylic acids is 1. The number of carbonyl (C=O) groups is 1. The lowest BCUT2D eigenvalue weighted by Crippen LogP contribution is -2.40. The summed E-state index contributed by atoms with van der Waals surface area (Å²) in [5.41, 5.74) is 1.78. The number of aliphatic hydroxyl groups is 4. The number of rotatable bonds is 13. The molecule has 2 aliphatic heterocycles. The molecule has 0 spiro atoms. The Labute approximate surface area is 307 Å². The zero-order chi connectivity index (χ0) is 38.0. The fourth-order valence-electron chi connectivity index (χ4n) is 6.41. The molecule has 2 fully saturated rings. The zero-order valence-electron chi connectivity index (χ0n) is 28.6. The third kappa shape index (κ3) is 7.94. The van der Waals surface area contributed by atoms with Crippen molar-refractivity contribution in [1.82, 2.24) is 45.0 Å². The van der Waals surface area contributed by atoms with Gasteiger partial charge in [0.25, 0.3) is 0 Å². The lowest BCUT2D eigenvalue weighted by molar-refractivity contribution is -0.0384. The summed E-state index contributed by atoms with van der Waals surface area (Å²) in [7, 11) is -3.96. The van der Waals surface area contributed by atoms with Crippen LogP contribution in [0.1, 0.15) is 30.1 Å². The Bertz CT molecular complexity index is 2200. The molecule has 0 saturated carbocycles. The number of hydrogen-bond donors (Lipinski definition) is 8. The number of hydrogen-bond acceptors (Lipinski definition) is 16. The SMILES string of the molecule is NS(=O)(=O)c1cccc(NC(=O)N[C@@H]2CCN(c3nc(N[C@H](CO)Cc4ccccc4)c4ncn([C@@H]5O[C@H](c6nnn(CCO)n6)[C@@H](O)[C@@H]5O)c4n3)C2)c1. The second kappa shape index (κ2) is 15.5. The summed E-state index contributed by atoms with van der Waals surface area (Å²) in [5.74, 6) is 0.570. The van der Waals surface area contributed by atoms with Crippen molar-refractivity contribution in [3.8, 4) is 0 Å². The number of benzene rings is 2. The minimum atomic E-state index is -3.96. The van der Waals surface area contributed by atoms with Crippen molar-refractivity contribution in [2.24, 2.45) is 5.14 Å². The zero-order valence-corrected chi connectivity index (χ0v) is 29.4. The number of nitrogens with two attached hydrogens (primary N) is 1. The van der Waals surface area contributed by atoms with E-state index in [1.54, 1.807) is 0 Å². The van der Waals surface area contributed by atoms with Gasteiger partial charge in [0.2, 0.25) is 21.8 Å². The molecule has 5 aromatic rings. The first kappa shape index (κ1) is 37.0. The van der Waals surface area contributed by atoms with E-state index in [0.29, 0.717) is 37.3 Å². The molecule has 0 unspecified atom stereocenters. The smallest absolute Gasteiger partial charge is 0.319 e. The van der Waals surface area contributed by atoms with Crippen LogP contribution in [0.15, 0.2) is 65.8 Å². The fourth-order valence-corrected chi connectivity index (χ4v) is 6.97. The summed E-state index contributed by atoms with van der Waals surface area (Å²) in [6.07, 6.45) is -2.85. The second-order valence-electron chi connectivity index (χ2n) is 12.9. The molecule has 22 heteroatoms. The predicted molar refractivity (Wildman–Crippen MR) is 190 cm³/mol. The number of fused-ring (bicyclic) bond motifs is 1. The number of sulfonamides is 1. The van der Waals surface area contributed by atoms with Crippen LogP contribution >= 0.6 is 0 Å². The summed E-state index contributed by atoms with van der Waals surface area (Å²) in [6, 6.07) is 13.8. The fraction of sp³-hybridized carbons (Fsp3) is 0.406. The number of nitrogens with one attached hydrogen (secondary N) is 3. The van der Waals surface area contributed by atoms with Crippen LogP contribution in [0.3, 0.4) is 0 Å². The molecular weight excluding hydrogens is 727 g/mol. The van der Waals surface area contributed by atoms with Gasteiger partial charge in [-0.3, -0.25) is 4.57 Å². The standard InChI is InChI=1S/C32H39N13O8S/c33-54(51,52)22-8-4-7-19(14-22)36-32(50)37-20-9-10-43(15-20)31-38-27(35-21(16-47)13-18-5-2-1-3-6-18)23-29(39-31)44(17-34-23)30-25(49)24(48)26(53-30)28-40-42-45(41-28)11-12-46/h1-8,14,17,20-21,24-26,30,46-49H,9-13,15-16H2,(H2,33,51,52)(H,35,38,39)(H2,36,37,50)/t20-,21+,24+,25+,26+,30-/m1/s1. The molecule has 0 radical (unpaired) electrons. The maximum atomic E-state index is 12.9. The molecule has 21 nitrogen and oxygen atoms in total. The first-order valence-electron chi connectivity index (χ1n) is 17.0. The second-order valence-corrected chi connectivity index (χ2v) is 14.5. The largest absolute Gasteiger partial charge is 0.394 e. The van der Waals surface area contributed by atoms with Gasteiger partial charge in [0.05, 0.1) is 37.0 Å². The Morgan fingerprint density at radius 2 is 1.89 bits per heavy atom. The van der Waals surface area contributed by atoms with Gasteiger partial charge in [0.1, 0.15) is 12.2 Å². The lowest BCUT2D eigenvalue weighted by Gasteiger charge is -2.22. The molecule has 3 aromatic heterocycles. The van der Waals surface area contributed by atoms with Gasteiger partial charge in [0.15, 0.2) is 29.3 Å². The van der Waals surface area contributed by atoms with Crippen LogP contribution < -0.4 is 26.0 Å². The number of imidazole rings is 1.